The summed E-state index contributed by atoms with van der Waals surface area (Å²) in [6.07, 6.45) is 4.10. The van der Waals surface area contributed by atoms with E-state index in [9.17, 15) is 9.90 Å². The van der Waals surface area contributed by atoms with Crippen molar-refractivity contribution in [3.8, 4) is 11.4 Å². The van der Waals surface area contributed by atoms with Crippen molar-refractivity contribution in [3.05, 3.63) is 75.0 Å². The lowest BCUT2D eigenvalue weighted by atomic mass is 10.2. The number of carbonyl (C=O) groups is 1. The van der Waals surface area contributed by atoms with Crippen LogP contribution < -0.4 is 5.43 Å². The predicted octanol–water partition coefficient (Wildman–Crippen LogP) is 4.14. The molecule has 142 valence electrons. The molecule has 0 aliphatic heterocycles. The van der Waals surface area contributed by atoms with Crippen LogP contribution in [-0.4, -0.2) is 27.0 Å². The van der Waals surface area contributed by atoms with Crippen LogP contribution in [-0.2, 0) is 12.8 Å². The van der Waals surface area contributed by atoms with Gasteiger partial charge in [0.25, 0.3) is 5.91 Å². The first-order chi connectivity index (χ1) is 13.5. The Balaban J connectivity index is 1.56. The van der Waals surface area contributed by atoms with E-state index in [-0.39, 0.29) is 21.7 Å². The van der Waals surface area contributed by atoms with Crippen LogP contribution in [0.25, 0.3) is 5.69 Å². The van der Waals surface area contributed by atoms with Gasteiger partial charge >= 0.3 is 0 Å². The molecule has 0 unspecified atom stereocenters. The minimum absolute atomic E-state index is 0.111. The quantitative estimate of drug-likeness (QED) is 0.497. The molecule has 0 saturated carbocycles. The van der Waals surface area contributed by atoms with Gasteiger partial charge in [0.2, 0.25) is 0 Å². The van der Waals surface area contributed by atoms with Crippen molar-refractivity contribution in [1.29, 1.82) is 0 Å². The molecule has 4 rings (SSSR count). The highest BCUT2D eigenvalue weighted by Gasteiger charge is 2.26. The number of hydrazone groups is 1. The molecule has 1 aliphatic carbocycles. The van der Waals surface area contributed by atoms with E-state index in [2.05, 4.69) is 15.6 Å². The molecule has 1 aliphatic rings. The number of amides is 1. The summed E-state index contributed by atoms with van der Waals surface area (Å²) in [4.78, 5) is 12.6. The Hall–Kier alpha value is -2.83. The van der Waals surface area contributed by atoms with E-state index in [0.717, 1.165) is 36.2 Å². The molecule has 1 amide bonds. The van der Waals surface area contributed by atoms with Crippen molar-refractivity contribution in [2.75, 3.05) is 0 Å². The van der Waals surface area contributed by atoms with Crippen LogP contribution in [0.3, 0.4) is 0 Å². The van der Waals surface area contributed by atoms with Gasteiger partial charge in [-0.05, 0) is 49.1 Å². The second-order valence-electron chi connectivity index (χ2n) is 6.41. The van der Waals surface area contributed by atoms with E-state index in [1.807, 2.05) is 35.0 Å². The maximum Gasteiger partial charge on any atom is 0.292 e. The van der Waals surface area contributed by atoms with Crippen LogP contribution in [0.2, 0.25) is 10.0 Å². The molecule has 0 bridgehead atoms. The van der Waals surface area contributed by atoms with Gasteiger partial charge < -0.3 is 5.11 Å². The molecule has 0 radical (unpaired) electrons. The Morgan fingerprint density at radius 2 is 1.89 bits per heavy atom. The first kappa shape index (κ1) is 18.5. The van der Waals surface area contributed by atoms with E-state index in [1.54, 1.807) is 0 Å². The second kappa shape index (κ2) is 7.66. The van der Waals surface area contributed by atoms with E-state index in [4.69, 9.17) is 23.2 Å². The number of nitrogens with one attached hydrogen (secondary N) is 1. The predicted molar refractivity (Wildman–Crippen MR) is 109 cm³/mol. The third-order valence-electron chi connectivity index (χ3n) is 4.56. The Morgan fingerprint density at radius 3 is 2.61 bits per heavy atom. The highest BCUT2D eigenvalue weighted by Crippen LogP contribution is 2.32. The molecule has 3 aromatic rings. The SMILES string of the molecule is O=C(N/N=C/c1cc(Cl)c(O)c(Cl)c1)c1nn(-c2ccccc2)c2c1CCC2. The van der Waals surface area contributed by atoms with Crippen LogP contribution >= 0.6 is 23.2 Å². The van der Waals surface area contributed by atoms with Gasteiger partial charge in [-0.25, -0.2) is 10.1 Å². The minimum atomic E-state index is -0.375. The molecule has 1 aromatic heterocycles. The highest BCUT2D eigenvalue weighted by atomic mass is 35.5. The van der Waals surface area contributed by atoms with E-state index < -0.39 is 0 Å². The molecular weight excluding hydrogens is 399 g/mol. The zero-order chi connectivity index (χ0) is 19.7. The van der Waals surface area contributed by atoms with Crippen LogP contribution in [0.4, 0.5) is 0 Å². The van der Waals surface area contributed by atoms with Crippen molar-refractivity contribution in [2.24, 2.45) is 5.10 Å². The van der Waals surface area contributed by atoms with Gasteiger partial charge in [-0.3, -0.25) is 4.79 Å². The number of para-hydroxylation sites is 1. The third-order valence-corrected chi connectivity index (χ3v) is 5.14. The minimum Gasteiger partial charge on any atom is -0.505 e. The molecule has 6 nitrogen and oxygen atoms in total. The Kier molecular flexibility index (Phi) is 5.07. The average molecular weight is 415 g/mol. The average Bonchev–Trinajstić information content (AvgIpc) is 3.29. The number of phenolic OH excluding ortho intramolecular Hbond substituents is 1. The lowest BCUT2D eigenvalue weighted by Gasteiger charge is -2.04. The molecule has 2 aromatic carbocycles. The van der Waals surface area contributed by atoms with Gasteiger partial charge in [0.1, 0.15) is 0 Å². The van der Waals surface area contributed by atoms with Crippen LogP contribution in [0.5, 0.6) is 5.75 Å². The molecule has 0 saturated heterocycles. The third kappa shape index (κ3) is 3.48. The smallest absolute Gasteiger partial charge is 0.292 e. The number of aromatic hydroxyl groups is 1. The number of rotatable bonds is 4. The van der Waals surface area contributed by atoms with E-state index in [1.165, 1.54) is 18.3 Å². The van der Waals surface area contributed by atoms with Crippen LogP contribution in [0, 0.1) is 0 Å². The number of aromatic nitrogens is 2. The number of fused-ring (bicyclic) bond motifs is 1. The van der Waals surface area contributed by atoms with Crippen LogP contribution in [0.15, 0.2) is 47.6 Å². The molecule has 0 atom stereocenters. The van der Waals surface area contributed by atoms with Crippen molar-refractivity contribution >= 4 is 35.3 Å². The molecular formula is C20H16Cl2N4O2. The zero-order valence-electron chi connectivity index (χ0n) is 14.7. The Bertz CT molecular complexity index is 1050. The summed E-state index contributed by atoms with van der Waals surface area (Å²) >= 11 is 11.8. The molecule has 1 heterocycles. The molecule has 2 N–H and O–H groups in total. The van der Waals surface area contributed by atoms with Gasteiger partial charge in [-0.1, -0.05) is 41.4 Å². The molecule has 0 spiro atoms. The monoisotopic (exact) mass is 414 g/mol. The maximum atomic E-state index is 12.6. The number of hydrogen-bond donors (Lipinski definition) is 2. The summed E-state index contributed by atoms with van der Waals surface area (Å²) in [5.74, 6) is -0.563. The number of carbonyl (C=O) groups excluding carboxylic acids is 1. The molecule has 0 fully saturated rings. The van der Waals surface area contributed by atoms with Crippen molar-refractivity contribution in [2.45, 2.75) is 19.3 Å². The van der Waals surface area contributed by atoms with Crippen molar-refractivity contribution in [1.82, 2.24) is 15.2 Å². The van der Waals surface area contributed by atoms with Crippen molar-refractivity contribution < 1.29 is 9.90 Å². The topological polar surface area (TPSA) is 79.5 Å². The number of nitrogens with zero attached hydrogens (tertiary/aromatic N) is 3. The summed E-state index contributed by atoms with van der Waals surface area (Å²) in [7, 11) is 0. The number of halogens is 2. The first-order valence-electron chi connectivity index (χ1n) is 8.72. The largest absolute Gasteiger partial charge is 0.505 e. The Labute approximate surface area is 171 Å². The molecule has 8 heteroatoms. The summed E-state index contributed by atoms with van der Waals surface area (Å²) in [5.41, 5.74) is 6.39. The zero-order valence-corrected chi connectivity index (χ0v) is 16.2. The lowest BCUT2D eigenvalue weighted by molar-refractivity contribution is 0.0949. The maximum absolute atomic E-state index is 12.6. The van der Waals surface area contributed by atoms with Gasteiger partial charge in [0.05, 0.1) is 21.9 Å². The number of phenols is 1. The standard InChI is InChI=1S/C20H16Cl2N4O2/c21-15-9-12(10-16(22)19(15)27)11-23-24-20(28)18-14-7-4-8-17(14)26(25-18)13-5-2-1-3-6-13/h1-3,5-6,9-11,27H,4,7-8H2,(H,24,28)/b23-11+. The number of benzene rings is 2. The normalized spacial score (nSPS) is 13.1. The summed E-state index contributed by atoms with van der Waals surface area (Å²) in [6, 6.07) is 12.7. The van der Waals surface area contributed by atoms with E-state index >= 15 is 0 Å². The van der Waals surface area contributed by atoms with E-state index in [0.29, 0.717) is 11.3 Å². The number of hydrogen-bond acceptors (Lipinski definition) is 4. The fourth-order valence-electron chi connectivity index (χ4n) is 3.28. The Morgan fingerprint density at radius 1 is 1.18 bits per heavy atom. The molecule has 28 heavy (non-hydrogen) atoms. The lowest BCUT2D eigenvalue weighted by Crippen LogP contribution is -2.20. The fourth-order valence-corrected chi connectivity index (χ4v) is 3.78. The summed E-state index contributed by atoms with van der Waals surface area (Å²) in [5, 5.41) is 18.3. The van der Waals surface area contributed by atoms with Gasteiger partial charge in [0.15, 0.2) is 11.4 Å². The van der Waals surface area contributed by atoms with Gasteiger partial charge in [-0.2, -0.15) is 10.2 Å². The summed E-state index contributed by atoms with van der Waals surface area (Å²) < 4.78 is 1.83. The first-order valence-corrected chi connectivity index (χ1v) is 9.48. The van der Waals surface area contributed by atoms with Gasteiger partial charge in [0, 0.05) is 11.3 Å². The van der Waals surface area contributed by atoms with Crippen molar-refractivity contribution in [3.63, 3.8) is 0 Å². The second-order valence-corrected chi connectivity index (χ2v) is 7.22. The van der Waals surface area contributed by atoms with Gasteiger partial charge in [-0.15, -0.1) is 0 Å². The fraction of sp³-hybridized carbons (Fsp3) is 0.150. The van der Waals surface area contributed by atoms with Crippen LogP contribution in [0.1, 0.15) is 33.7 Å². The highest BCUT2D eigenvalue weighted by molar-refractivity contribution is 6.37. The summed E-state index contributed by atoms with van der Waals surface area (Å²) in [6.45, 7) is 0.